The third-order valence-electron chi connectivity index (χ3n) is 2.79. The highest BCUT2D eigenvalue weighted by molar-refractivity contribution is 5.93. The largest absolute Gasteiger partial charge is 0.358 e. The van der Waals surface area contributed by atoms with Crippen molar-refractivity contribution in [1.82, 2.24) is 20.6 Å². The Labute approximate surface area is 118 Å². The van der Waals surface area contributed by atoms with Gasteiger partial charge in [-0.1, -0.05) is 6.92 Å². The van der Waals surface area contributed by atoms with E-state index >= 15 is 0 Å². The summed E-state index contributed by atoms with van der Waals surface area (Å²) in [5.74, 6) is 4.65. The van der Waals surface area contributed by atoms with Crippen molar-refractivity contribution in [3.63, 3.8) is 0 Å². The standard InChI is InChI=1S/C13H21N5O2/c1-3-6-18(9-12(19)15-2)8-11-5-4-10(7-16-11)13(20)17-14/h4-5,7H,3,6,8-9,14H2,1-2H3,(H,15,19)(H,17,20). The molecule has 0 unspecified atom stereocenters. The lowest BCUT2D eigenvalue weighted by atomic mass is 10.2. The van der Waals surface area contributed by atoms with Crippen molar-refractivity contribution in [3.05, 3.63) is 29.6 Å². The van der Waals surface area contributed by atoms with Gasteiger partial charge in [0.05, 0.1) is 17.8 Å². The molecule has 20 heavy (non-hydrogen) atoms. The third kappa shape index (κ3) is 4.94. The summed E-state index contributed by atoms with van der Waals surface area (Å²) in [6.07, 6.45) is 2.42. The van der Waals surface area contributed by atoms with Crippen molar-refractivity contribution in [2.75, 3.05) is 20.1 Å². The third-order valence-corrected chi connectivity index (χ3v) is 2.79. The molecule has 4 N–H and O–H groups in total. The summed E-state index contributed by atoms with van der Waals surface area (Å²) in [6.45, 7) is 3.75. The molecular formula is C13H21N5O2. The minimum atomic E-state index is -0.375. The molecule has 1 heterocycles. The lowest BCUT2D eigenvalue weighted by Gasteiger charge is -2.20. The minimum absolute atomic E-state index is 0.0300. The maximum atomic E-state index is 11.4. The van der Waals surface area contributed by atoms with Crippen LogP contribution in [0.3, 0.4) is 0 Å². The van der Waals surface area contributed by atoms with E-state index in [1.165, 1.54) is 6.20 Å². The second-order valence-electron chi connectivity index (χ2n) is 4.40. The zero-order valence-corrected chi connectivity index (χ0v) is 11.8. The number of nitrogens with zero attached hydrogens (tertiary/aromatic N) is 2. The fourth-order valence-corrected chi connectivity index (χ4v) is 1.78. The van der Waals surface area contributed by atoms with Crippen molar-refractivity contribution >= 4 is 11.8 Å². The summed E-state index contributed by atoms with van der Waals surface area (Å²) in [5.41, 5.74) is 3.26. The van der Waals surface area contributed by atoms with Crippen LogP contribution < -0.4 is 16.6 Å². The molecule has 7 nitrogen and oxygen atoms in total. The minimum Gasteiger partial charge on any atom is -0.358 e. The number of carbonyl (C=O) groups is 2. The Morgan fingerprint density at radius 1 is 1.40 bits per heavy atom. The van der Waals surface area contributed by atoms with Gasteiger partial charge >= 0.3 is 0 Å². The molecule has 1 rings (SSSR count). The Hall–Kier alpha value is -1.99. The predicted octanol–water partition coefficient (Wildman–Crippen LogP) is -0.357. The summed E-state index contributed by atoms with van der Waals surface area (Å²) in [5, 5.41) is 2.60. The highest BCUT2D eigenvalue weighted by atomic mass is 16.2. The highest BCUT2D eigenvalue weighted by Gasteiger charge is 2.11. The summed E-state index contributed by atoms with van der Waals surface area (Å²) in [4.78, 5) is 28.9. The number of aromatic nitrogens is 1. The van der Waals surface area contributed by atoms with Crippen molar-refractivity contribution in [2.24, 2.45) is 5.84 Å². The van der Waals surface area contributed by atoms with E-state index in [1.54, 1.807) is 19.2 Å². The van der Waals surface area contributed by atoms with Gasteiger partial charge < -0.3 is 5.32 Å². The summed E-state index contributed by atoms with van der Waals surface area (Å²) >= 11 is 0. The topological polar surface area (TPSA) is 100 Å². The molecule has 2 amide bonds. The molecule has 1 aromatic rings. The average molecular weight is 279 g/mol. The first kappa shape index (κ1) is 16.1. The lowest BCUT2D eigenvalue weighted by molar-refractivity contribution is -0.121. The number of nitrogen functional groups attached to an aromatic ring is 1. The SMILES string of the molecule is CCCN(CC(=O)NC)Cc1ccc(C(=O)NN)cn1. The number of likely N-dealkylation sites (N-methyl/N-ethyl adjacent to an activating group) is 1. The summed E-state index contributed by atoms with van der Waals surface area (Å²) in [7, 11) is 1.62. The van der Waals surface area contributed by atoms with Crippen LogP contribution in [0.2, 0.25) is 0 Å². The number of hydrazine groups is 1. The molecule has 110 valence electrons. The first-order valence-electron chi connectivity index (χ1n) is 6.49. The number of pyridine rings is 1. The van der Waals surface area contributed by atoms with Gasteiger partial charge in [0.25, 0.3) is 5.91 Å². The van der Waals surface area contributed by atoms with Crippen LogP contribution in [0.1, 0.15) is 29.4 Å². The van der Waals surface area contributed by atoms with Crippen molar-refractivity contribution in [3.8, 4) is 0 Å². The molecule has 0 aliphatic heterocycles. The van der Waals surface area contributed by atoms with Gasteiger partial charge in [0, 0.05) is 19.8 Å². The van der Waals surface area contributed by atoms with Crippen LogP contribution in [0.4, 0.5) is 0 Å². The van der Waals surface area contributed by atoms with Crippen molar-refractivity contribution < 1.29 is 9.59 Å². The average Bonchev–Trinajstić information content (AvgIpc) is 2.47. The van der Waals surface area contributed by atoms with E-state index in [2.05, 4.69) is 22.7 Å². The van der Waals surface area contributed by atoms with E-state index in [1.807, 2.05) is 4.90 Å². The second-order valence-corrected chi connectivity index (χ2v) is 4.40. The van der Waals surface area contributed by atoms with E-state index in [0.29, 0.717) is 18.7 Å². The molecule has 0 fully saturated rings. The fourth-order valence-electron chi connectivity index (χ4n) is 1.78. The first-order valence-corrected chi connectivity index (χ1v) is 6.49. The smallest absolute Gasteiger partial charge is 0.266 e. The summed E-state index contributed by atoms with van der Waals surface area (Å²) < 4.78 is 0. The zero-order chi connectivity index (χ0) is 15.0. The maximum Gasteiger partial charge on any atom is 0.266 e. The fraction of sp³-hybridized carbons (Fsp3) is 0.462. The van der Waals surface area contributed by atoms with Crippen LogP contribution in [0.5, 0.6) is 0 Å². The Morgan fingerprint density at radius 2 is 2.15 bits per heavy atom. The molecule has 0 atom stereocenters. The monoisotopic (exact) mass is 279 g/mol. The summed E-state index contributed by atoms with van der Waals surface area (Å²) in [6, 6.07) is 3.42. The Morgan fingerprint density at radius 3 is 2.65 bits per heavy atom. The molecule has 0 spiro atoms. The molecule has 0 saturated heterocycles. The molecule has 0 aromatic carbocycles. The van der Waals surface area contributed by atoms with Gasteiger partial charge in [0.1, 0.15) is 0 Å². The van der Waals surface area contributed by atoms with Gasteiger partial charge in [-0.2, -0.15) is 0 Å². The molecule has 1 aromatic heterocycles. The van der Waals surface area contributed by atoms with Gasteiger partial charge in [0.2, 0.25) is 5.91 Å². The Balaban J connectivity index is 2.68. The number of rotatable bonds is 7. The van der Waals surface area contributed by atoms with Crippen LogP contribution in [-0.4, -0.2) is 41.8 Å². The Kier molecular flexibility index (Phi) is 6.61. The van der Waals surface area contributed by atoms with Crippen molar-refractivity contribution in [2.45, 2.75) is 19.9 Å². The number of nitrogens with two attached hydrogens (primary N) is 1. The normalized spacial score (nSPS) is 10.4. The van der Waals surface area contributed by atoms with Gasteiger partial charge in [0.15, 0.2) is 0 Å². The van der Waals surface area contributed by atoms with E-state index in [4.69, 9.17) is 5.84 Å². The maximum absolute atomic E-state index is 11.4. The van der Waals surface area contributed by atoms with Crippen LogP contribution in [0.25, 0.3) is 0 Å². The van der Waals surface area contributed by atoms with Gasteiger partial charge in [-0.25, -0.2) is 5.84 Å². The van der Waals surface area contributed by atoms with Gasteiger partial charge in [-0.3, -0.25) is 24.9 Å². The quantitative estimate of drug-likeness (QED) is 0.359. The molecule has 0 saturated carbocycles. The predicted molar refractivity (Wildman–Crippen MR) is 75.5 cm³/mol. The number of amides is 2. The highest BCUT2D eigenvalue weighted by Crippen LogP contribution is 2.05. The van der Waals surface area contributed by atoms with E-state index in [-0.39, 0.29) is 11.8 Å². The zero-order valence-electron chi connectivity index (χ0n) is 11.8. The number of nitrogens with one attached hydrogen (secondary N) is 2. The van der Waals surface area contributed by atoms with Crippen LogP contribution >= 0.6 is 0 Å². The van der Waals surface area contributed by atoms with E-state index < -0.39 is 0 Å². The van der Waals surface area contributed by atoms with Crippen LogP contribution in [0.15, 0.2) is 18.3 Å². The van der Waals surface area contributed by atoms with Gasteiger partial charge in [-0.15, -0.1) is 0 Å². The molecule has 0 radical (unpaired) electrons. The van der Waals surface area contributed by atoms with E-state index in [0.717, 1.165) is 18.7 Å². The molecule has 0 aliphatic rings. The first-order chi connectivity index (χ1) is 9.60. The molecule has 0 bridgehead atoms. The molecule has 0 aliphatic carbocycles. The number of hydrogen-bond acceptors (Lipinski definition) is 5. The second kappa shape index (κ2) is 8.23. The molecule has 7 heteroatoms. The molecular weight excluding hydrogens is 258 g/mol. The number of carbonyl (C=O) groups excluding carboxylic acids is 2. The van der Waals surface area contributed by atoms with Gasteiger partial charge in [-0.05, 0) is 25.1 Å². The van der Waals surface area contributed by atoms with E-state index in [9.17, 15) is 9.59 Å². The van der Waals surface area contributed by atoms with Crippen LogP contribution in [-0.2, 0) is 11.3 Å². The van der Waals surface area contributed by atoms with Crippen LogP contribution in [0, 0.1) is 0 Å². The lowest BCUT2D eigenvalue weighted by Crippen LogP contribution is -2.36. The number of hydrogen-bond donors (Lipinski definition) is 3. The Bertz CT molecular complexity index is 447. The van der Waals surface area contributed by atoms with Crippen molar-refractivity contribution in [1.29, 1.82) is 0 Å².